The second-order valence-corrected chi connectivity index (χ2v) is 9.38. The average molecular weight is 480 g/mol. The molecule has 186 valence electrons. The van der Waals surface area contributed by atoms with Gasteiger partial charge in [0.1, 0.15) is 0 Å². The minimum atomic E-state index is -4.61. The molecule has 2 aliphatic heterocycles. The summed E-state index contributed by atoms with van der Waals surface area (Å²) in [6.45, 7) is 4.86. The van der Waals surface area contributed by atoms with E-state index in [1.807, 2.05) is 4.90 Å². The molecule has 2 saturated heterocycles. The van der Waals surface area contributed by atoms with Gasteiger partial charge in [-0.3, -0.25) is 9.59 Å². The number of nitrogens with zero attached hydrogens (tertiary/aromatic N) is 2. The number of benzene rings is 1. The van der Waals surface area contributed by atoms with Crippen molar-refractivity contribution in [2.45, 2.75) is 70.1 Å². The van der Waals surface area contributed by atoms with Crippen LogP contribution in [0.15, 0.2) is 29.1 Å². The van der Waals surface area contributed by atoms with Gasteiger partial charge in [-0.1, -0.05) is 0 Å². The maximum atomic E-state index is 13.6. The van der Waals surface area contributed by atoms with Gasteiger partial charge in [0.2, 0.25) is 11.5 Å². The first-order chi connectivity index (χ1) is 16.2. The van der Waals surface area contributed by atoms with Crippen LogP contribution in [-0.2, 0) is 15.7 Å². The number of aromatic nitrogens is 1. The molecule has 34 heavy (non-hydrogen) atoms. The first-order valence-electron chi connectivity index (χ1n) is 12.1. The molecular formula is C25H32F3N3O3. The highest BCUT2D eigenvalue weighted by Crippen LogP contribution is 2.37. The molecule has 0 bridgehead atoms. The van der Waals surface area contributed by atoms with E-state index in [1.165, 1.54) is 6.07 Å². The van der Waals surface area contributed by atoms with Crippen LogP contribution < -0.4 is 10.5 Å². The quantitative estimate of drug-likeness (QED) is 0.557. The van der Waals surface area contributed by atoms with Crippen LogP contribution in [0, 0.1) is 0 Å². The van der Waals surface area contributed by atoms with E-state index in [0.29, 0.717) is 31.4 Å². The number of amides is 1. The van der Waals surface area contributed by atoms with E-state index < -0.39 is 17.3 Å². The molecule has 1 aromatic carbocycles. The Morgan fingerprint density at radius 1 is 1.15 bits per heavy atom. The number of pyridine rings is 1. The minimum Gasteiger partial charge on any atom is -0.379 e. The van der Waals surface area contributed by atoms with Crippen LogP contribution in [-0.4, -0.2) is 54.2 Å². The van der Waals surface area contributed by atoms with E-state index in [-0.39, 0.29) is 28.9 Å². The van der Waals surface area contributed by atoms with Crippen molar-refractivity contribution in [3.8, 4) is 0 Å². The zero-order valence-corrected chi connectivity index (χ0v) is 19.5. The summed E-state index contributed by atoms with van der Waals surface area (Å²) in [6, 6.07) is 5.68. The van der Waals surface area contributed by atoms with Gasteiger partial charge in [-0.15, -0.1) is 0 Å². The van der Waals surface area contributed by atoms with Gasteiger partial charge in [-0.2, -0.15) is 13.2 Å². The third-order valence-electron chi connectivity index (χ3n) is 6.91. The highest BCUT2D eigenvalue weighted by Gasteiger charge is 2.35. The number of ether oxygens (including phenoxy) is 1. The summed E-state index contributed by atoms with van der Waals surface area (Å²) in [5.74, 6) is 0.226. The average Bonchev–Trinajstić information content (AvgIpc) is 3.45. The van der Waals surface area contributed by atoms with Crippen molar-refractivity contribution in [3.63, 3.8) is 0 Å². The fraction of sp³-hybridized carbons (Fsp3) is 0.600. The van der Waals surface area contributed by atoms with Gasteiger partial charge in [-0.25, -0.2) is 0 Å². The normalized spacial score (nSPS) is 21.1. The van der Waals surface area contributed by atoms with E-state index in [0.717, 1.165) is 51.6 Å². The number of unbranched alkanes of at least 4 members (excludes halogenated alkanes) is 1. The first kappa shape index (κ1) is 24.6. The summed E-state index contributed by atoms with van der Waals surface area (Å²) in [7, 11) is 0. The van der Waals surface area contributed by atoms with E-state index >= 15 is 0 Å². The molecule has 1 N–H and O–H groups in total. The lowest BCUT2D eigenvalue weighted by molar-refractivity contribution is -0.136. The number of halogens is 3. The Morgan fingerprint density at radius 3 is 2.65 bits per heavy atom. The summed E-state index contributed by atoms with van der Waals surface area (Å²) in [6.07, 6.45) is 1.55. The van der Waals surface area contributed by atoms with Crippen LogP contribution in [0.1, 0.15) is 57.4 Å². The van der Waals surface area contributed by atoms with Gasteiger partial charge < -0.3 is 19.5 Å². The van der Waals surface area contributed by atoms with Crippen LogP contribution in [0.2, 0.25) is 0 Å². The summed E-state index contributed by atoms with van der Waals surface area (Å²) in [5.41, 5.74) is -0.821. The Bertz CT molecular complexity index is 1060. The summed E-state index contributed by atoms with van der Waals surface area (Å²) in [5, 5.41) is -0.00830. The monoisotopic (exact) mass is 479 g/mol. The first-order valence-corrected chi connectivity index (χ1v) is 12.1. The third kappa shape index (κ3) is 5.56. The van der Waals surface area contributed by atoms with Crippen molar-refractivity contribution < 1.29 is 22.7 Å². The Hall–Kier alpha value is -2.55. The second-order valence-electron chi connectivity index (χ2n) is 9.38. The second kappa shape index (κ2) is 10.4. The number of hydrogen-bond acceptors (Lipinski definition) is 4. The maximum Gasteiger partial charge on any atom is 0.417 e. The molecule has 0 aliphatic carbocycles. The summed E-state index contributed by atoms with van der Waals surface area (Å²) >= 11 is 0. The molecule has 4 rings (SSSR count). The number of likely N-dealkylation sites (tertiary alicyclic amines) is 1. The number of rotatable bonds is 8. The van der Waals surface area contributed by atoms with Crippen LogP contribution >= 0.6 is 0 Å². The Kier molecular flexibility index (Phi) is 7.50. The number of carbonyl (C=O) groups excluding carboxylic acids is 1. The molecule has 2 fully saturated rings. The molecule has 3 heterocycles. The fourth-order valence-electron chi connectivity index (χ4n) is 5.16. The van der Waals surface area contributed by atoms with Crippen LogP contribution in [0.25, 0.3) is 10.9 Å². The van der Waals surface area contributed by atoms with Crippen LogP contribution in [0.5, 0.6) is 0 Å². The number of alkyl halides is 3. The number of carbonyl (C=O) groups is 1. The molecule has 6 nitrogen and oxygen atoms in total. The fourth-order valence-corrected chi connectivity index (χ4v) is 5.16. The van der Waals surface area contributed by atoms with Gasteiger partial charge in [0, 0.05) is 54.8 Å². The molecule has 0 unspecified atom stereocenters. The topological polar surface area (TPSA) is 65.6 Å². The van der Waals surface area contributed by atoms with Crippen molar-refractivity contribution in [1.82, 2.24) is 9.88 Å². The zero-order valence-electron chi connectivity index (χ0n) is 19.5. The maximum absolute atomic E-state index is 13.6. The van der Waals surface area contributed by atoms with Crippen molar-refractivity contribution in [3.05, 3.63) is 40.2 Å². The summed E-state index contributed by atoms with van der Waals surface area (Å²) in [4.78, 5) is 30.4. The molecule has 1 amide bonds. The highest BCUT2D eigenvalue weighted by molar-refractivity contribution is 5.86. The predicted octanol–water partition coefficient (Wildman–Crippen LogP) is 4.71. The van der Waals surface area contributed by atoms with Gasteiger partial charge in [-0.05, 0) is 63.6 Å². The minimum absolute atomic E-state index is 0.00830. The van der Waals surface area contributed by atoms with Crippen molar-refractivity contribution in [2.75, 3.05) is 31.2 Å². The van der Waals surface area contributed by atoms with E-state index in [4.69, 9.17) is 4.74 Å². The Labute approximate surface area is 197 Å². The lowest BCUT2D eigenvalue weighted by atomic mass is 10.1. The van der Waals surface area contributed by atoms with Gasteiger partial charge in [0.25, 0.3) is 0 Å². The largest absolute Gasteiger partial charge is 0.417 e. The SMILES string of the molecule is C[C@@H]1CC[C@H](COCCCCC(=O)N2CCCC2)N1c1ccc2[nH]c(=O)cc(C(F)(F)F)c2c1. The number of H-pyrrole nitrogens is 1. The molecule has 0 spiro atoms. The standard InChI is InChI=1S/C25H32F3N3O3/c1-17-7-8-19(16-34-13-5-2-6-24(33)30-11-3-4-12-30)31(17)18-9-10-22-20(14-18)21(25(26,27)28)15-23(32)29-22/h9-10,14-15,17,19H,2-8,11-13,16H2,1H3,(H,29,32)/t17-,19-/m1/s1. The van der Waals surface area contributed by atoms with Crippen LogP contribution in [0.3, 0.4) is 0 Å². The molecule has 2 atom stereocenters. The highest BCUT2D eigenvalue weighted by atomic mass is 19.4. The predicted molar refractivity (Wildman–Crippen MR) is 125 cm³/mol. The molecule has 0 saturated carbocycles. The lowest BCUT2D eigenvalue weighted by Gasteiger charge is -2.31. The number of aromatic amines is 1. The number of nitrogens with one attached hydrogen (secondary N) is 1. The van der Waals surface area contributed by atoms with E-state index in [9.17, 15) is 22.8 Å². The molecule has 2 aliphatic rings. The number of anilines is 1. The number of hydrogen-bond donors (Lipinski definition) is 1. The smallest absolute Gasteiger partial charge is 0.379 e. The van der Waals surface area contributed by atoms with E-state index in [2.05, 4.69) is 16.8 Å². The Morgan fingerprint density at radius 2 is 1.91 bits per heavy atom. The van der Waals surface area contributed by atoms with Crippen LogP contribution in [0.4, 0.5) is 18.9 Å². The van der Waals surface area contributed by atoms with Crippen molar-refractivity contribution in [2.24, 2.45) is 0 Å². The molecule has 0 radical (unpaired) electrons. The molecule has 9 heteroatoms. The van der Waals surface area contributed by atoms with E-state index in [1.54, 1.807) is 12.1 Å². The number of fused-ring (bicyclic) bond motifs is 1. The third-order valence-corrected chi connectivity index (χ3v) is 6.91. The molecular weight excluding hydrogens is 447 g/mol. The van der Waals surface area contributed by atoms with Crippen molar-refractivity contribution in [1.29, 1.82) is 0 Å². The van der Waals surface area contributed by atoms with Gasteiger partial charge >= 0.3 is 6.18 Å². The molecule has 1 aromatic heterocycles. The van der Waals surface area contributed by atoms with Gasteiger partial charge in [0.15, 0.2) is 0 Å². The van der Waals surface area contributed by atoms with Gasteiger partial charge in [0.05, 0.1) is 18.2 Å². The van der Waals surface area contributed by atoms with Crippen molar-refractivity contribution >= 4 is 22.5 Å². The molecule has 2 aromatic rings. The summed E-state index contributed by atoms with van der Waals surface area (Å²) < 4.78 is 46.6. The Balaban J connectivity index is 1.36. The zero-order chi connectivity index (χ0) is 24.3. The lowest BCUT2D eigenvalue weighted by Crippen LogP contribution is -2.37.